The molecule has 0 aromatic rings. The van der Waals surface area contributed by atoms with Gasteiger partial charge < -0.3 is 9.47 Å². The second-order valence-electron chi connectivity index (χ2n) is 3.22. The molecule has 1 aliphatic heterocycles. The first-order chi connectivity index (χ1) is 4.81. The fraction of sp³-hybridized carbons (Fsp3) is 1.00. The van der Waals surface area contributed by atoms with Crippen LogP contribution in [-0.2, 0) is 9.47 Å². The van der Waals surface area contributed by atoms with Crippen molar-refractivity contribution in [1.82, 2.24) is 0 Å². The van der Waals surface area contributed by atoms with Crippen molar-refractivity contribution in [2.75, 3.05) is 13.2 Å². The van der Waals surface area contributed by atoms with E-state index in [4.69, 9.17) is 9.47 Å². The Morgan fingerprint density at radius 2 is 2.00 bits per heavy atom. The Balaban J connectivity index is 2.05. The Kier molecular flexibility index (Phi) is 1.29. The molecular weight excluding hydrogens is 128 g/mol. The van der Waals surface area contributed by atoms with Gasteiger partial charge >= 0.3 is 0 Å². The van der Waals surface area contributed by atoms with Crippen LogP contribution in [0.1, 0.15) is 20.3 Å². The molecule has 0 radical (unpaired) electrons. The van der Waals surface area contributed by atoms with Gasteiger partial charge in [-0.1, -0.05) is 13.8 Å². The van der Waals surface area contributed by atoms with Crippen LogP contribution >= 0.6 is 0 Å². The van der Waals surface area contributed by atoms with E-state index >= 15 is 0 Å². The van der Waals surface area contributed by atoms with Gasteiger partial charge in [-0.15, -0.1) is 0 Å². The van der Waals surface area contributed by atoms with Crippen molar-refractivity contribution in [2.45, 2.75) is 26.1 Å². The molecular formula is C8H14O2. The van der Waals surface area contributed by atoms with Gasteiger partial charge in [-0.05, 0) is 6.42 Å². The van der Waals surface area contributed by atoms with Gasteiger partial charge in [0.05, 0.1) is 13.2 Å². The maximum Gasteiger partial charge on any atom is 0.174 e. The van der Waals surface area contributed by atoms with Gasteiger partial charge in [-0.3, -0.25) is 0 Å². The van der Waals surface area contributed by atoms with Crippen LogP contribution in [0.25, 0.3) is 0 Å². The third-order valence-electron chi connectivity index (χ3n) is 2.82. The summed E-state index contributed by atoms with van der Waals surface area (Å²) in [5, 5.41) is 0. The van der Waals surface area contributed by atoms with Crippen LogP contribution in [0.2, 0.25) is 0 Å². The minimum absolute atomic E-state index is 0.130. The van der Waals surface area contributed by atoms with Crippen molar-refractivity contribution in [1.29, 1.82) is 0 Å². The van der Waals surface area contributed by atoms with Gasteiger partial charge in [0.15, 0.2) is 5.79 Å². The highest BCUT2D eigenvalue weighted by Gasteiger charge is 2.65. The largest absolute Gasteiger partial charge is 0.347 e. The predicted molar refractivity (Wildman–Crippen MR) is 37.6 cm³/mol. The second kappa shape index (κ2) is 1.95. The van der Waals surface area contributed by atoms with Crippen molar-refractivity contribution in [3.63, 3.8) is 0 Å². The molecule has 2 heteroatoms. The van der Waals surface area contributed by atoms with Crippen LogP contribution in [0.15, 0.2) is 0 Å². The van der Waals surface area contributed by atoms with Crippen molar-refractivity contribution in [3.05, 3.63) is 0 Å². The maximum atomic E-state index is 5.54. The van der Waals surface area contributed by atoms with E-state index in [0.29, 0.717) is 11.8 Å². The molecule has 2 nitrogen and oxygen atoms in total. The standard InChI is InChI=1S/C8H14O2/c1-3-7-6(2)8(7)9-4-5-10-8/h6-7H,3-5H2,1-2H3. The molecule has 2 unspecified atom stereocenters. The topological polar surface area (TPSA) is 18.5 Å². The van der Waals surface area contributed by atoms with Gasteiger partial charge in [-0.25, -0.2) is 0 Å². The lowest BCUT2D eigenvalue weighted by atomic mass is 10.3. The number of hydrogen-bond donors (Lipinski definition) is 0. The zero-order valence-corrected chi connectivity index (χ0v) is 6.59. The first-order valence-corrected chi connectivity index (χ1v) is 4.09. The van der Waals surface area contributed by atoms with E-state index in [1.807, 2.05) is 0 Å². The van der Waals surface area contributed by atoms with E-state index in [1.165, 1.54) is 6.42 Å². The van der Waals surface area contributed by atoms with Crippen molar-refractivity contribution >= 4 is 0 Å². The second-order valence-corrected chi connectivity index (χ2v) is 3.22. The zero-order chi connectivity index (χ0) is 7.19. The number of hydrogen-bond acceptors (Lipinski definition) is 2. The molecule has 58 valence electrons. The molecule has 0 amide bonds. The fourth-order valence-corrected chi connectivity index (χ4v) is 2.14. The number of ether oxygens (including phenoxy) is 2. The van der Waals surface area contributed by atoms with E-state index < -0.39 is 0 Å². The lowest BCUT2D eigenvalue weighted by Crippen LogP contribution is -2.13. The van der Waals surface area contributed by atoms with Crippen LogP contribution in [-0.4, -0.2) is 19.0 Å². The number of rotatable bonds is 1. The van der Waals surface area contributed by atoms with Crippen LogP contribution < -0.4 is 0 Å². The molecule has 1 spiro atoms. The third-order valence-corrected chi connectivity index (χ3v) is 2.82. The van der Waals surface area contributed by atoms with Gasteiger partial charge in [-0.2, -0.15) is 0 Å². The first-order valence-electron chi connectivity index (χ1n) is 4.09. The summed E-state index contributed by atoms with van der Waals surface area (Å²) in [6.45, 7) is 5.99. The molecule has 10 heavy (non-hydrogen) atoms. The Morgan fingerprint density at radius 1 is 1.40 bits per heavy atom. The minimum Gasteiger partial charge on any atom is -0.347 e. The molecule has 2 atom stereocenters. The fourth-order valence-electron chi connectivity index (χ4n) is 2.14. The Morgan fingerprint density at radius 3 is 2.40 bits per heavy atom. The SMILES string of the molecule is CCC1C(C)C12OCCO2. The molecule has 1 heterocycles. The molecule has 0 N–H and O–H groups in total. The average molecular weight is 142 g/mol. The summed E-state index contributed by atoms with van der Waals surface area (Å²) in [6.07, 6.45) is 1.18. The van der Waals surface area contributed by atoms with Gasteiger partial charge in [0.1, 0.15) is 0 Å². The predicted octanol–water partition coefficient (Wildman–Crippen LogP) is 1.41. The van der Waals surface area contributed by atoms with Crippen LogP contribution in [0.4, 0.5) is 0 Å². The highest BCUT2D eigenvalue weighted by molar-refractivity contribution is 5.05. The molecule has 0 aromatic heterocycles. The monoisotopic (exact) mass is 142 g/mol. The van der Waals surface area contributed by atoms with E-state index in [2.05, 4.69) is 13.8 Å². The van der Waals surface area contributed by atoms with Crippen LogP contribution in [0.3, 0.4) is 0 Å². The lowest BCUT2D eigenvalue weighted by Gasteiger charge is -2.06. The van der Waals surface area contributed by atoms with Gasteiger partial charge in [0, 0.05) is 11.8 Å². The van der Waals surface area contributed by atoms with E-state index in [9.17, 15) is 0 Å². The van der Waals surface area contributed by atoms with Crippen LogP contribution in [0, 0.1) is 11.8 Å². The normalized spacial score (nSPS) is 42.6. The van der Waals surface area contributed by atoms with Crippen molar-refractivity contribution < 1.29 is 9.47 Å². The summed E-state index contributed by atoms with van der Waals surface area (Å²) in [5.74, 6) is 1.16. The van der Waals surface area contributed by atoms with Gasteiger partial charge in [0.2, 0.25) is 0 Å². The Hall–Kier alpha value is -0.0800. The molecule has 2 rings (SSSR count). The summed E-state index contributed by atoms with van der Waals surface area (Å²) in [6, 6.07) is 0. The average Bonchev–Trinajstić information content (AvgIpc) is 2.31. The van der Waals surface area contributed by atoms with Crippen molar-refractivity contribution in [3.8, 4) is 0 Å². The summed E-state index contributed by atoms with van der Waals surface area (Å²) < 4.78 is 11.1. The molecule has 2 fully saturated rings. The molecule has 2 aliphatic rings. The molecule has 1 saturated heterocycles. The quantitative estimate of drug-likeness (QED) is 0.551. The minimum atomic E-state index is -0.130. The highest BCUT2D eigenvalue weighted by atomic mass is 16.7. The first kappa shape index (κ1) is 6.62. The third kappa shape index (κ3) is 0.611. The van der Waals surface area contributed by atoms with E-state index in [1.54, 1.807) is 0 Å². The molecule has 0 bridgehead atoms. The van der Waals surface area contributed by atoms with Crippen LogP contribution in [0.5, 0.6) is 0 Å². The lowest BCUT2D eigenvalue weighted by molar-refractivity contribution is -0.0916. The zero-order valence-electron chi connectivity index (χ0n) is 6.59. The summed E-state index contributed by atoms with van der Waals surface area (Å²) in [4.78, 5) is 0. The highest BCUT2D eigenvalue weighted by Crippen LogP contribution is 2.57. The van der Waals surface area contributed by atoms with E-state index in [-0.39, 0.29) is 5.79 Å². The molecule has 0 aromatic carbocycles. The Bertz CT molecular complexity index is 138. The van der Waals surface area contributed by atoms with E-state index in [0.717, 1.165) is 13.2 Å². The van der Waals surface area contributed by atoms with Crippen molar-refractivity contribution in [2.24, 2.45) is 11.8 Å². The smallest absolute Gasteiger partial charge is 0.174 e. The molecule has 1 aliphatic carbocycles. The Labute approximate surface area is 61.5 Å². The maximum absolute atomic E-state index is 5.54. The molecule has 1 saturated carbocycles. The summed E-state index contributed by atoms with van der Waals surface area (Å²) >= 11 is 0. The summed E-state index contributed by atoms with van der Waals surface area (Å²) in [7, 11) is 0. The summed E-state index contributed by atoms with van der Waals surface area (Å²) in [5.41, 5.74) is 0. The van der Waals surface area contributed by atoms with Gasteiger partial charge in [0.25, 0.3) is 0 Å².